The summed E-state index contributed by atoms with van der Waals surface area (Å²) in [6.07, 6.45) is 6.23. The Morgan fingerprint density at radius 2 is 1.82 bits per heavy atom. The fraction of sp³-hybridized carbons (Fsp3) is 0.312. The van der Waals surface area contributed by atoms with Crippen molar-refractivity contribution in [2.75, 3.05) is 23.8 Å². The highest BCUT2D eigenvalue weighted by Gasteiger charge is 2.48. The summed E-state index contributed by atoms with van der Waals surface area (Å²) in [4.78, 5) is 28.0. The molecule has 0 bridgehead atoms. The molecule has 1 aliphatic heterocycles. The Kier molecular flexibility index (Phi) is 8.45. The predicted molar refractivity (Wildman–Crippen MR) is 154 cm³/mol. The largest absolute Gasteiger partial charge is 0.388 e. The van der Waals surface area contributed by atoms with Gasteiger partial charge in [0.15, 0.2) is 0 Å². The zero-order chi connectivity index (χ0) is 28.0. The minimum atomic E-state index is -0.538. The molecule has 6 rings (SSSR count). The van der Waals surface area contributed by atoms with Gasteiger partial charge in [0.1, 0.15) is 23.7 Å². The number of hydrogen-bond donors (Lipinski definition) is 1. The van der Waals surface area contributed by atoms with Crippen molar-refractivity contribution in [3.63, 3.8) is 0 Å². The normalized spacial score (nSPS) is 19.5. The number of halogens is 1. The molecule has 0 spiro atoms. The summed E-state index contributed by atoms with van der Waals surface area (Å²) in [6, 6.07) is 22.4. The average Bonchev–Trinajstić information content (AvgIpc) is 2.97. The van der Waals surface area contributed by atoms with E-state index in [4.69, 9.17) is 9.72 Å². The van der Waals surface area contributed by atoms with Crippen LogP contribution < -0.4 is 10.2 Å². The highest BCUT2D eigenvalue weighted by Crippen LogP contribution is 2.44. The fourth-order valence-electron chi connectivity index (χ4n) is 5.20. The molecule has 1 saturated carbocycles. The molecule has 0 amide bonds. The van der Waals surface area contributed by atoms with Gasteiger partial charge in [-0.15, -0.1) is 0 Å². The van der Waals surface area contributed by atoms with Crippen molar-refractivity contribution >= 4 is 23.5 Å². The van der Waals surface area contributed by atoms with Crippen molar-refractivity contribution in [2.45, 2.75) is 50.7 Å². The van der Waals surface area contributed by atoms with Crippen LogP contribution in [0.25, 0.3) is 0 Å². The molecule has 2 aromatic heterocycles. The summed E-state index contributed by atoms with van der Waals surface area (Å²) in [5, 5.41) is 2.89. The Morgan fingerprint density at radius 1 is 1.05 bits per heavy atom. The van der Waals surface area contributed by atoms with Crippen LogP contribution in [0.15, 0.2) is 79.0 Å². The number of ether oxygens (including phenoxy) is 1. The quantitative estimate of drug-likeness (QED) is 0.291. The monoisotopic (exact) mass is 539 g/mol. The van der Waals surface area contributed by atoms with Crippen LogP contribution in [0.3, 0.4) is 0 Å². The van der Waals surface area contributed by atoms with Crippen molar-refractivity contribution < 1.29 is 13.9 Å². The van der Waals surface area contributed by atoms with Crippen molar-refractivity contribution in [1.82, 2.24) is 15.0 Å². The van der Waals surface area contributed by atoms with Crippen LogP contribution in [0.4, 0.5) is 21.6 Å². The van der Waals surface area contributed by atoms with Crippen LogP contribution in [0.2, 0.25) is 0 Å². The number of nitrogens with zero attached hydrogens (tertiary/aromatic N) is 4. The maximum Gasteiger partial charge on any atom is 0.136 e. The molecule has 1 fully saturated rings. The van der Waals surface area contributed by atoms with Gasteiger partial charge in [0, 0.05) is 25.5 Å². The standard InChI is InChI=1S/C25H26N4O2.C7H8FN/c1-18-26-12-11-24(27-18)29-13-5-8-21-22(29)9-10-23(28-21)25(17-30)14-20(15-25)31-16-19-6-3-2-4-7-19;1-9-7-4-2-6(8)3-5-7/h2-4,6-7,9-12,17,20H,5,8,13-16H2,1H3;2-5,9H,1H3. The van der Waals surface area contributed by atoms with E-state index in [2.05, 4.69) is 38.4 Å². The number of aryl methyl sites for hydroxylation is 2. The Morgan fingerprint density at radius 3 is 2.52 bits per heavy atom. The molecule has 1 N–H and O–H groups in total. The van der Waals surface area contributed by atoms with Crippen LogP contribution in [-0.4, -0.2) is 40.9 Å². The highest BCUT2D eigenvalue weighted by atomic mass is 19.1. The first-order valence-electron chi connectivity index (χ1n) is 13.6. The second-order valence-corrected chi connectivity index (χ2v) is 10.2. The van der Waals surface area contributed by atoms with E-state index in [9.17, 15) is 9.18 Å². The molecule has 206 valence electrons. The van der Waals surface area contributed by atoms with Gasteiger partial charge in [0.05, 0.1) is 35.2 Å². The fourth-order valence-corrected chi connectivity index (χ4v) is 5.20. The van der Waals surface area contributed by atoms with Crippen molar-refractivity contribution in [3.05, 3.63) is 108 Å². The van der Waals surface area contributed by atoms with Gasteiger partial charge in [0.25, 0.3) is 0 Å². The van der Waals surface area contributed by atoms with E-state index in [1.807, 2.05) is 37.3 Å². The van der Waals surface area contributed by atoms with Crippen LogP contribution in [0.5, 0.6) is 0 Å². The molecule has 7 nitrogen and oxygen atoms in total. The van der Waals surface area contributed by atoms with Crippen LogP contribution in [-0.2, 0) is 28.0 Å². The van der Waals surface area contributed by atoms with E-state index in [0.717, 1.165) is 65.6 Å². The molecule has 0 saturated heterocycles. The third-order valence-electron chi connectivity index (χ3n) is 7.46. The number of carbonyl (C=O) groups excluding carboxylic acids is 1. The number of nitrogens with one attached hydrogen (secondary N) is 1. The Balaban J connectivity index is 0.000000306. The number of fused-ring (bicyclic) bond motifs is 1. The van der Waals surface area contributed by atoms with Gasteiger partial charge in [-0.1, -0.05) is 30.3 Å². The minimum absolute atomic E-state index is 0.0868. The maximum atomic E-state index is 12.2. The van der Waals surface area contributed by atoms with E-state index in [1.165, 1.54) is 12.1 Å². The number of hydrogen-bond acceptors (Lipinski definition) is 7. The smallest absolute Gasteiger partial charge is 0.136 e. The Hall–Kier alpha value is -4.17. The van der Waals surface area contributed by atoms with Crippen molar-refractivity contribution in [1.29, 1.82) is 0 Å². The van der Waals surface area contributed by atoms with Crippen molar-refractivity contribution in [3.8, 4) is 0 Å². The molecule has 4 aromatic rings. The SMILES string of the molecule is CNc1ccc(F)cc1.Cc1nccc(N2CCCc3nc(C4(C=O)CC(OCc5ccccc5)C4)ccc32)n1. The summed E-state index contributed by atoms with van der Waals surface area (Å²) in [5.74, 6) is 1.45. The second-order valence-electron chi connectivity index (χ2n) is 10.2. The first-order chi connectivity index (χ1) is 19.5. The first kappa shape index (κ1) is 27.4. The maximum absolute atomic E-state index is 12.2. The lowest BCUT2D eigenvalue weighted by molar-refractivity contribution is -0.124. The molecule has 2 aromatic carbocycles. The molecule has 40 heavy (non-hydrogen) atoms. The molecular weight excluding hydrogens is 505 g/mol. The second kappa shape index (κ2) is 12.3. The topological polar surface area (TPSA) is 80.2 Å². The van der Waals surface area contributed by atoms with Gasteiger partial charge in [-0.3, -0.25) is 4.98 Å². The van der Waals surface area contributed by atoms with Crippen molar-refractivity contribution in [2.24, 2.45) is 0 Å². The average molecular weight is 540 g/mol. The van der Waals surface area contributed by atoms with Gasteiger partial charge in [-0.25, -0.2) is 14.4 Å². The third kappa shape index (κ3) is 6.18. The summed E-state index contributed by atoms with van der Waals surface area (Å²) >= 11 is 0. The Labute approximate surface area is 234 Å². The number of aromatic nitrogens is 3. The van der Waals surface area contributed by atoms with E-state index >= 15 is 0 Å². The summed E-state index contributed by atoms with van der Waals surface area (Å²) in [6.45, 7) is 3.38. The van der Waals surface area contributed by atoms with Gasteiger partial charge >= 0.3 is 0 Å². The first-order valence-corrected chi connectivity index (χ1v) is 13.6. The molecule has 2 aliphatic rings. The molecule has 0 atom stereocenters. The molecule has 0 radical (unpaired) electrons. The lowest BCUT2D eigenvalue weighted by Gasteiger charge is -2.43. The van der Waals surface area contributed by atoms with Gasteiger partial charge in [-0.05, 0) is 80.6 Å². The number of rotatable bonds is 7. The molecule has 0 unspecified atom stereocenters. The molecule has 8 heteroatoms. The van der Waals surface area contributed by atoms with E-state index in [0.29, 0.717) is 19.4 Å². The van der Waals surface area contributed by atoms with E-state index in [1.54, 1.807) is 25.4 Å². The number of benzene rings is 2. The summed E-state index contributed by atoms with van der Waals surface area (Å²) in [7, 11) is 1.80. The predicted octanol–water partition coefficient (Wildman–Crippen LogP) is 5.95. The Bertz CT molecular complexity index is 1430. The summed E-state index contributed by atoms with van der Waals surface area (Å²) < 4.78 is 18.2. The number of anilines is 3. The highest BCUT2D eigenvalue weighted by molar-refractivity contribution is 5.71. The summed E-state index contributed by atoms with van der Waals surface area (Å²) in [5.41, 5.74) is 4.51. The van der Waals surface area contributed by atoms with Gasteiger partial charge < -0.3 is 19.7 Å². The zero-order valence-electron chi connectivity index (χ0n) is 22.9. The number of pyridine rings is 1. The van der Waals surface area contributed by atoms with Gasteiger partial charge in [-0.2, -0.15) is 0 Å². The minimum Gasteiger partial charge on any atom is -0.388 e. The third-order valence-corrected chi connectivity index (χ3v) is 7.46. The van der Waals surface area contributed by atoms with Crippen LogP contribution in [0.1, 0.15) is 42.0 Å². The lowest BCUT2D eigenvalue weighted by atomic mass is 9.65. The van der Waals surface area contributed by atoms with E-state index < -0.39 is 5.41 Å². The van der Waals surface area contributed by atoms with Gasteiger partial charge in [0.2, 0.25) is 0 Å². The number of carbonyl (C=O) groups is 1. The van der Waals surface area contributed by atoms with Crippen LogP contribution in [0, 0.1) is 12.7 Å². The zero-order valence-corrected chi connectivity index (χ0v) is 22.9. The van der Waals surface area contributed by atoms with Crippen LogP contribution >= 0.6 is 0 Å². The van der Waals surface area contributed by atoms with E-state index in [-0.39, 0.29) is 11.9 Å². The number of aldehydes is 1. The molecule has 3 heterocycles. The lowest BCUT2D eigenvalue weighted by Crippen LogP contribution is -2.48. The molecule has 1 aliphatic carbocycles. The molecular formula is C32H34FN5O2.